The third-order valence-corrected chi connectivity index (χ3v) is 10.7. The molecule has 25 unspecified atom stereocenters. The minimum Gasteiger partial charge on any atom is -0.394 e. The molecule has 27 nitrogen and oxygen atoms in total. The summed E-state index contributed by atoms with van der Waals surface area (Å²) in [6, 6.07) is -1.55. The molecule has 0 aliphatic carbocycles. The number of carbonyl (C=O) groups excluding carboxylic acids is 1. The average Bonchev–Trinajstić information content (AvgIpc) is 3.21. The Bertz CT molecular complexity index is 1320. The van der Waals surface area contributed by atoms with E-state index in [9.17, 15) is 86.5 Å². The van der Waals surface area contributed by atoms with Gasteiger partial charge in [-0.3, -0.25) is 4.79 Å². The third-order valence-electron chi connectivity index (χ3n) is 10.7. The van der Waals surface area contributed by atoms with Crippen molar-refractivity contribution in [3.63, 3.8) is 0 Å². The number of hydrogen-bond donors (Lipinski definition) is 17. The standard InChI is InChI=1S/C32H55NO26/c1-7(38)33-13-18(43)25(11(5-37)52-28(13)50)57-32-24(49)27(59-31-22(47)20(45)15(40)9(3-35)55-31)17(42)12(56-32)6-51-29-23(48)26(16(41)10(4-36)53-29)58-30-21(46)19(44)14(39)8(2-34)54-30/h8-32,34-37,39-50H,2-6H2,1H3,(H,33,38). The van der Waals surface area contributed by atoms with E-state index in [-0.39, 0.29) is 0 Å². The van der Waals surface area contributed by atoms with Crippen LogP contribution in [0.2, 0.25) is 0 Å². The molecule has 5 saturated heterocycles. The highest BCUT2D eigenvalue weighted by Gasteiger charge is 2.55. The number of aliphatic hydroxyl groups is 16. The molecule has 27 heteroatoms. The molecule has 0 aromatic carbocycles. The van der Waals surface area contributed by atoms with Crippen molar-refractivity contribution in [1.29, 1.82) is 0 Å². The van der Waals surface area contributed by atoms with Gasteiger partial charge in [-0.15, -0.1) is 0 Å². The van der Waals surface area contributed by atoms with Gasteiger partial charge >= 0.3 is 0 Å². The van der Waals surface area contributed by atoms with Crippen molar-refractivity contribution in [3.8, 4) is 0 Å². The summed E-state index contributed by atoms with van der Waals surface area (Å²) in [5, 5.41) is 170. The number of hydrogen-bond acceptors (Lipinski definition) is 26. The van der Waals surface area contributed by atoms with Gasteiger partial charge in [0.05, 0.1) is 33.0 Å². The van der Waals surface area contributed by atoms with Gasteiger partial charge in [0.1, 0.15) is 122 Å². The van der Waals surface area contributed by atoms with E-state index in [1.807, 2.05) is 0 Å². The molecular weight excluding hydrogens is 814 g/mol. The second-order valence-corrected chi connectivity index (χ2v) is 14.7. The average molecular weight is 870 g/mol. The fraction of sp³-hybridized carbons (Fsp3) is 0.969. The lowest BCUT2D eigenvalue weighted by Gasteiger charge is -2.49. The summed E-state index contributed by atoms with van der Waals surface area (Å²) in [5.74, 6) is -0.718. The van der Waals surface area contributed by atoms with E-state index >= 15 is 0 Å². The molecule has 0 aromatic heterocycles. The predicted octanol–water partition coefficient (Wildman–Crippen LogP) is -11.8. The second kappa shape index (κ2) is 20.8. The van der Waals surface area contributed by atoms with Crippen molar-refractivity contribution >= 4 is 5.91 Å². The topological polar surface area (TPSA) is 436 Å². The van der Waals surface area contributed by atoms with Gasteiger partial charge in [0.15, 0.2) is 31.5 Å². The maximum absolute atomic E-state index is 11.8. The zero-order valence-corrected chi connectivity index (χ0v) is 31.2. The molecule has 0 radical (unpaired) electrons. The van der Waals surface area contributed by atoms with Gasteiger partial charge in [-0.25, -0.2) is 0 Å². The smallest absolute Gasteiger partial charge is 0.217 e. The van der Waals surface area contributed by atoms with Crippen molar-refractivity contribution in [2.45, 2.75) is 160 Å². The summed E-state index contributed by atoms with van der Waals surface area (Å²) in [6.07, 6.45) is -44.5. The zero-order chi connectivity index (χ0) is 43.6. The van der Waals surface area contributed by atoms with Crippen LogP contribution in [0.3, 0.4) is 0 Å². The van der Waals surface area contributed by atoms with Gasteiger partial charge < -0.3 is 130 Å². The Kier molecular flexibility index (Phi) is 17.1. The Balaban J connectivity index is 1.38. The molecule has 25 atom stereocenters. The van der Waals surface area contributed by atoms with Crippen LogP contribution in [-0.2, 0) is 47.4 Å². The molecule has 0 spiro atoms. The predicted molar refractivity (Wildman–Crippen MR) is 178 cm³/mol. The summed E-state index contributed by atoms with van der Waals surface area (Å²) in [5.41, 5.74) is 0. The van der Waals surface area contributed by atoms with E-state index in [1.54, 1.807) is 0 Å². The van der Waals surface area contributed by atoms with E-state index in [0.717, 1.165) is 6.92 Å². The Morgan fingerprint density at radius 3 is 1.31 bits per heavy atom. The lowest BCUT2D eigenvalue weighted by Crippen LogP contribution is -2.68. The lowest BCUT2D eigenvalue weighted by atomic mass is 9.95. The molecule has 59 heavy (non-hydrogen) atoms. The van der Waals surface area contributed by atoms with Gasteiger partial charge in [-0.1, -0.05) is 0 Å². The summed E-state index contributed by atoms with van der Waals surface area (Å²) in [6.45, 7) is -3.38. The highest BCUT2D eigenvalue weighted by atomic mass is 16.8. The number of carbonyl (C=O) groups is 1. The molecule has 5 aliphatic heterocycles. The monoisotopic (exact) mass is 869 g/mol. The molecule has 17 N–H and O–H groups in total. The quantitative estimate of drug-likeness (QED) is 0.0770. The number of amides is 1. The third kappa shape index (κ3) is 10.3. The van der Waals surface area contributed by atoms with Crippen molar-refractivity contribution in [1.82, 2.24) is 5.32 Å². The number of rotatable bonds is 14. The van der Waals surface area contributed by atoms with E-state index in [1.165, 1.54) is 0 Å². The normalized spacial score (nSPS) is 51.0. The summed E-state index contributed by atoms with van der Waals surface area (Å²) >= 11 is 0. The number of nitrogens with one attached hydrogen (secondary N) is 1. The van der Waals surface area contributed by atoms with E-state index in [0.29, 0.717) is 0 Å². The first kappa shape index (κ1) is 48.5. The van der Waals surface area contributed by atoms with Gasteiger partial charge in [0, 0.05) is 6.92 Å². The first-order valence-corrected chi connectivity index (χ1v) is 18.6. The SMILES string of the molecule is CC(=O)NC1C(O)OC(CO)C(OC2OC(COC3OC(CO)C(O)C(OC4OC(CO)C(O)C(O)C4O)C3O)C(O)C(OC3OC(CO)C(O)C(O)C3O)C2O)C1O. The summed E-state index contributed by atoms with van der Waals surface area (Å²) in [4.78, 5) is 11.8. The molecule has 5 rings (SSSR count). The van der Waals surface area contributed by atoms with E-state index in [2.05, 4.69) is 5.32 Å². The minimum atomic E-state index is -2.15. The Morgan fingerprint density at radius 2 is 0.831 bits per heavy atom. The van der Waals surface area contributed by atoms with Crippen molar-refractivity contribution in [3.05, 3.63) is 0 Å². The van der Waals surface area contributed by atoms with Crippen LogP contribution in [0.5, 0.6) is 0 Å². The molecule has 0 saturated carbocycles. The van der Waals surface area contributed by atoms with Crippen LogP contribution in [0.25, 0.3) is 0 Å². The first-order chi connectivity index (χ1) is 27.9. The number of aliphatic hydroxyl groups excluding tert-OH is 16. The Labute approximate surface area is 333 Å². The fourth-order valence-corrected chi connectivity index (χ4v) is 7.32. The summed E-state index contributed by atoms with van der Waals surface area (Å²) in [7, 11) is 0. The van der Waals surface area contributed by atoms with Gasteiger partial charge in [-0.05, 0) is 0 Å². The largest absolute Gasteiger partial charge is 0.394 e. The highest BCUT2D eigenvalue weighted by molar-refractivity contribution is 5.73. The fourth-order valence-electron chi connectivity index (χ4n) is 7.32. The van der Waals surface area contributed by atoms with Crippen LogP contribution in [0, 0.1) is 0 Å². The van der Waals surface area contributed by atoms with Crippen LogP contribution in [0.15, 0.2) is 0 Å². The Hall–Kier alpha value is -1.53. The lowest BCUT2D eigenvalue weighted by molar-refractivity contribution is -0.383. The molecule has 344 valence electrons. The zero-order valence-electron chi connectivity index (χ0n) is 31.2. The van der Waals surface area contributed by atoms with Gasteiger partial charge in [0.25, 0.3) is 0 Å². The first-order valence-electron chi connectivity index (χ1n) is 18.6. The minimum absolute atomic E-state index is 0.718. The maximum Gasteiger partial charge on any atom is 0.217 e. The highest BCUT2D eigenvalue weighted by Crippen LogP contribution is 2.34. The van der Waals surface area contributed by atoms with E-state index in [4.69, 9.17) is 42.6 Å². The number of ether oxygens (including phenoxy) is 9. The van der Waals surface area contributed by atoms with E-state index < -0.39 is 192 Å². The molecule has 5 aliphatic rings. The van der Waals surface area contributed by atoms with Crippen LogP contribution in [0.1, 0.15) is 6.92 Å². The van der Waals surface area contributed by atoms with Gasteiger partial charge in [-0.2, -0.15) is 0 Å². The van der Waals surface area contributed by atoms with Crippen molar-refractivity contribution < 1.29 is 129 Å². The molecule has 1 amide bonds. The van der Waals surface area contributed by atoms with Crippen molar-refractivity contribution in [2.24, 2.45) is 0 Å². The van der Waals surface area contributed by atoms with Crippen LogP contribution >= 0.6 is 0 Å². The maximum atomic E-state index is 11.8. The van der Waals surface area contributed by atoms with Crippen LogP contribution in [-0.4, -0.2) is 274 Å². The van der Waals surface area contributed by atoms with Crippen LogP contribution in [0.4, 0.5) is 0 Å². The molecule has 5 fully saturated rings. The second-order valence-electron chi connectivity index (χ2n) is 14.7. The van der Waals surface area contributed by atoms with Crippen LogP contribution < -0.4 is 5.32 Å². The molecule has 0 bridgehead atoms. The summed E-state index contributed by atoms with van der Waals surface area (Å²) < 4.78 is 50.0. The molecule has 5 heterocycles. The van der Waals surface area contributed by atoms with Gasteiger partial charge in [0.2, 0.25) is 5.91 Å². The Morgan fingerprint density at radius 1 is 0.441 bits per heavy atom. The molecule has 0 aromatic rings. The van der Waals surface area contributed by atoms with Crippen molar-refractivity contribution in [2.75, 3.05) is 33.0 Å². The molecular formula is C32H55NO26.